The van der Waals surface area contributed by atoms with Gasteiger partial charge in [0.05, 0.1) is 5.56 Å². The van der Waals surface area contributed by atoms with E-state index in [-0.39, 0.29) is 5.91 Å². The van der Waals surface area contributed by atoms with Crippen molar-refractivity contribution in [2.75, 3.05) is 5.32 Å². The molecule has 0 spiro atoms. The first kappa shape index (κ1) is 14.3. The molecule has 3 N–H and O–H groups in total. The number of amides is 2. The maximum absolute atomic E-state index is 12.4. The molecule has 0 saturated carbocycles. The smallest absolute Gasteiger partial charge is 0.272 e. The molecule has 7 heteroatoms. The summed E-state index contributed by atoms with van der Waals surface area (Å²) in [5.74, 6) is -0.719. The summed E-state index contributed by atoms with van der Waals surface area (Å²) in [6.07, 6.45) is 4.65. The van der Waals surface area contributed by atoms with Gasteiger partial charge in [-0.25, -0.2) is 0 Å². The van der Waals surface area contributed by atoms with Crippen molar-refractivity contribution in [2.45, 2.75) is 19.3 Å². The molecule has 0 atom stereocenters. The van der Waals surface area contributed by atoms with E-state index >= 15 is 0 Å². The number of nitrogens with zero attached hydrogens (tertiary/aromatic N) is 1. The molecule has 5 nitrogen and oxygen atoms in total. The van der Waals surface area contributed by atoms with Gasteiger partial charge in [0.25, 0.3) is 11.8 Å². The average molecular weight is 368 g/mol. The minimum atomic E-state index is -0.474. The van der Waals surface area contributed by atoms with Gasteiger partial charge < -0.3 is 15.6 Å². The van der Waals surface area contributed by atoms with Crippen molar-refractivity contribution in [1.82, 2.24) is 4.57 Å². The molecule has 2 aromatic heterocycles. The first-order chi connectivity index (χ1) is 9.97. The predicted molar refractivity (Wildman–Crippen MR) is 85.9 cm³/mol. The lowest BCUT2D eigenvalue weighted by molar-refractivity contribution is 0.100. The Labute approximate surface area is 134 Å². The number of nitrogens with two attached hydrogens (primary N) is 1. The zero-order valence-corrected chi connectivity index (χ0v) is 13.8. The van der Waals surface area contributed by atoms with E-state index in [1.54, 1.807) is 23.9 Å². The highest BCUT2D eigenvalue weighted by molar-refractivity contribution is 9.10. The molecule has 3 rings (SSSR count). The second kappa shape index (κ2) is 5.31. The number of fused-ring (bicyclic) bond motifs is 1. The van der Waals surface area contributed by atoms with Crippen molar-refractivity contribution >= 4 is 44.1 Å². The number of halogens is 1. The second-order valence-electron chi connectivity index (χ2n) is 5.03. The Balaban J connectivity index is 1.94. The molecule has 1 aliphatic carbocycles. The molecule has 2 heterocycles. The van der Waals surface area contributed by atoms with Crippen molar-refractivity contribution in [2.24, 2.45) is 12.8 Å². The fourth-order valence-electron chi connectivity index (χ4n) is 2.67. The van der Waals surface area contributed by atoms with Crippen LogP contribution in [-0.4, -0.2) is 16.4 Å². The molecule has 2 amide bonds. The fourth-order valence-corrected chi connectivity index (χ4v) is 4.48. The van der Waals surface area contributed by atoms with Crippen LogP contribution in [0.4, 0.5) is 5.00 Å². The van der Waals surface area contributed by atoms with Crippen LogP contribution in [-0.2, 0) is 19.9 Å². The Morgan fingerprint density at radius 3 is 2.81 bits per heavy atom. The third-order valence-electron chi connectivity index (χ3n) is 3.60. The molecule has 1 aliphatic rings. The zero-order valence-electron chi connectivity index (χ0n) is 11.4. The van der Waals surface area contributed by atoms with Gasteiger partial charge in [-0.15, -0.1) is 11.3 Å². The molecular weight excluding hydrogens is 354 g/mol. The van der Waals surface area contributed by atoms with Crippen molar-refractivity contribution < 1.29 is 9.59 Å². The van der Waals surface area contributed by atoms with Crippen molar-refractivity contribution in [1.29, 1.82) is 0 Å². The number of carbonyl (C=O) groups is 2. The number of carbonyl (C=O) groups excluding carboxylic acids is 2. The van der Waals surface area contributed by atoms with Gasteiger partial charge in [0, 0.05) is 22.6 Å². The summed E-state index contributed by atoms with van der Waals surface area (Å²) in [6, 6.07) is 1.74. The number of anilines is 1. The van der Waals surface area contributed by atoms with E-state index in [1.807, 2.05) is 0 Å². The fraction of sp³-hybridized carbons (Fsp3) is 0.286. The SMILES string of the molecule is Cn1cc(Br)cc1C(=O)Nc1sc2c(c1C(N)=O)CCC2. The normalized spacial score (nSPS) is 13.2. The van der Waals surface area contributed by atoms with Gasteiger partial charge in [0.2, 0.25) is 0 Å². The van der Waals surface area contributed by atoms with Crippen molar-refractivity contribution in [3.63, 3.8) is 0 Å². The molecule has 110 valence electrons. The monoisotopic (exact) mass is 367 g/mol. The lowest BCUT2D eigenvalue weighted by Crippen LogP contribution is -2.19. The van der Waals surface area contributed by atoms with Crippen molar-refractivity contribution in [3.8, 4) is 0 Å². The van der Waals surface area contributed by atoms with Crippen LogP contribution in [0.25, 0.3) is 0 Å². The number of thiophene rings is 1. The number of rotatable bonds is 3. The highest BCUT2D eigenvalue weighted by Crippen LogP contribution is 2.39. The van der Waals surface area contributed by atoms with E-state index in [4.69, 9.17) is 5.73 Å². The Hall–Kier alpha value is -1.60. The molecular formula is C14H14BrN3O2S. The number of aromatic nitrogens is 1. The summed E-state index contributed by atoms with van der Waals surface area (Å²) in [5.41, 5.74) is 7.49. The maximum atomic E-state index is 12.4. The van der Waals surface area contributed by atoms with Crippen LogP contribution in [0, 0.1) is 0 Å². The van der Waals surface area contributed by atoms with Gasteiger partial charge in [-0.1, -0.05) is 0 Å². The van der Waals surface area contributed by atoms with Crippen molar-refractivity contribution in [3.05, 3.63) is 38.4 Å². The van der Waals surface area contributed by atoms with Crippen LogP contribution in [0.2, 0.25) is 0 Å². The van der Waals surface area contributed by atoms with Gasteiger partial charge in [-0.05, 0) is 46.8 Å². The van der Waals surface area contributed by atoms with Crippen LogP contribution >= 0.6 is 27.3 Å². The van der Waals surface area contributed by atoms with E-state index in [0.717, 1.165) is 34.2 Å². The Morgan fingerprint density at radius 1 is 1.43 bits per heavy atom. The number of primary amides is 1. The summed E-state index contributed by atoms with van der Waals surface area (Å²) in [4.78, 5) is 25.2. The van der Waals surface area contributed by atoms with E-state index < -0.39 is 5.91 Å². The molecule has 0 aromatic carbocycles. The first-order valence-electron chi connectivity index (χ1n) is 6.55. The second-order valence-corrected chi connectivity index (χ2v) is 7.06. The summed E-state index contributed by atoms with van der Waals surface area (Å²) in [7, 11) is 1.79. The van der Waals surface area contributed by atoms with E-state index in [9.17, 15) is 9.59 Å². The standard InChI is InChI=1S/C14H14BrN3O2S/c1-18-6-7(15)5-9(18)13(20)17-14-11(12(16)19)8-3-2-4-10(8)21-14/h5-6H,2-4H2,1H3,(H2,16,19)(H,17,20). The van der Waals surface area contributed by atoms with Gasteiger partial charge in [-0.3, -0.25) is 9.59 Å². The highest BCUT2D eigenvalue weighted by atomic mass is 79.9. The van der Waals surface area contributed by atoms with Crippen LogP contribution in [0.5, 0.6) is 0 Å². The Bertz CT molecular complexity index is 748. The summed E-state index contributed by atoms with van der Waals surface area (Å²) in [5, 5.41) is 3.39. The van der Waals surface area contributed by atoms with Crippen LogP contribution in [0.3, 0.4) is 0 Å². The summed E-state index contributed by atoms with van der Waals surface area (Å²) in [6.45, 7) is 0. The lowest BCUT2D eigenvalue weighted by Gasteiger charge is -2.06. The Kier molecular flexibility index (Phi) is 3.62. The molecule has 0 aliphatic heterocycles. The minimum Gasteiger partial charge on any atom is -0.365 e. The molecule has 0 fully saturated rings. The van der Waals surface area contributed by atoms with Crippen LogP contribution < -0.4 is 11.1 Å². The summed E-state index contributed by atoms with van der Waals surface area (Å²) < 4.78 is 2.56. The molecule has 0 saturated heterocycles. The molecule has 0 radical (unpaired) electrons. The van der Waals surface area contributed by atoms with Crippen LogP contribution in [0.15, 0.2) is 16.7 Å². The molecule has 2 aromatic rings. The lowest BCUT2D eigenvalue weighted by atomic mass is 10.1. The molecule has 0 unspecified atom stereocenters. The summed E-state index contributed by atoms with van der Waals surface area (Å²) >= 11 is 4.80. The van der Waals surface area contributed by atoms with Crippen LogP contribution in [0.1, 0.15) is 37.7 Å². The van der Waals surface area contributed by atoms with Gasteiger partial charge in [0.15, 0.2) is 0 Å². The minimum absolute atomic E-state index is 0.245. The molecule has 21 heavy (non-hydrogen) atoms. The quantitative estimate of drug-likeness (QED) is 0.874. The third-order valence-corrected chi connectivity index (χ3v) is 5.24. The Morgan fingerprint density at radius 2 is 2.19 bits per heavy atom. The highest BCUT2D eigenvalue weighted by Gasteiger charge is 2.26. The van der Waals surface area contributed by atoms with E-state index in [2.05, 4.69) is 21.2 Å². The molecule has 0 bridgehead atoms. The van der Waals surface area contributed by atoms with Gasteiger partial charge in [-0.2, -0.15) is 0 Å². The van der Waals surface area contributed by atoms with Gasteiger partial charge in [0.1, 0.15) is 10.7 Å². The number of hydrogen-bond acceptors (Lipinski definition) is 3. The average Bonchev–Trinajstić information content (AvgIpc) is 3.02. The largest absolute Gasteiger partial charge is 0.365 e. The predicted octanol–water partition coefficient (Wildman–Crippen LogP) is 2.69. The van der Waals surface area contributed by atoms with Gasteiger partial charge >= 0.3 is 0 Å². The maximum Gasteiger partial charge on any atom is 0.272 e. The zero-order chi connectivity index (χ0) is 15.1. The topological polar surface area (TPSA) is 77.1 Å². The van der Waals surface area contributed by atoms with E-state index in [1.165, 1.54) is 11.3 Å². The number of nitrogens with one attached hydrogen (secondary N) is 1. The number of aryl methyl sites for hydroxylation is 2. The third kappa shape index (κ3) is 2.51. The number of hydrogen-bond donors (Lipinski definition) is 2. The van der Waals surface area contributed by atoms with E-state index in [0.29, 0.717) is 16.3 Å². The first-order valence-corrected chi connectivity index (χ1v) is 8.16.